The van der Waals surface area contributed by atoms with Crippen LogP contribution in [0.5, 0.6) is 0 Å². The summed E-state index contributed by atoms with van der Waals surface area (Å²) in [5.74, 6) is 0. The lowest BCUT2D eigenvalue weighted by atomic mass is 10.0. The highest BCUT2D eigenvalue weighted by molar-refractivity contribution is 5.32. The lowest BCUT2D eigenvalue weighted by Gasteiger charge is -2.22. The van der Waals surface area contributed by atoms with Gasteiger partial charge in [0.05, 0.1) is 17.7 Å². The van der Waals surface area contributed by atoms with E-state index in [-0.39, 0.29) is 18.2 Å². The molecule has 0 spiro atoms. The predicted octanol–water partition coefficient (Wildman–Crippen LogP) is 2.12. The zero-order valence-electron chi connectivity index (χ0n) is 10.1. The second-order valence-electron chi connectivity index (χ2n) is 4.73. The fourth-order valence-electron chi connectivity index (χ4n) is 2.40. The summed E-state index contributed by atoms with van der Waals surface area (Å²) >= 11 is 0. The Labute approximate surface area is 102 Å². The van der Waals surface area contributed by atoms with Gasteiger partial charge in [-0.2, -0.15) is 5.26 Å². The van der Waals surface area contributed by atoms with Crippen molar-refractivity contribution in [3.05, 3.63) is 35.4 Å². The second kappa shape index (κ2) is 5.31. The number of aliphatic hydroxyl groups excluding tert-OH is 1. The first-order chi connectivity index (χ1) is 8.20. The Bertz CT molecular complexity index is 407. The summed E-state index contributed by atoms with van der Waals surface area (Å²) in [4.78, 5) is 0. The molecule has 90 valence electrons. The molecule has 0 aliphatic heterocycles. The zero-order chi connectivity index (χ0) is 12.3. The number of benzene rings is 1. The van der Waals surface area contributed by atoms with E-state index in [1.54, 1.807) is 0 Å². The van der Waals surface area contributed by atoms with Crippen molar-refractivity contribution in [2.24, 2.45) is 0 Å². The van der Waals surface area contributed by atoms with E-state index < -0.39 is 0 Å². The summed E-state index contributed by atoms with van der Waals surface area (Å²) < 4.78 is 0. The third-order valence-corrected chi connectivity index (χ3v) is 3.48. The molecule has 1 saturated carbocycles. The molecule has 2 rings (SSSR count). The zero-order valence-corrected chi connectivity index (χ0v) is 10.1. The van der Waals surface area contributed by atoms with Crippen molar-refractivity contribution in [2.75, 3.05) is 0 Å². The molecule has 3 unspecified atom stereocenters. The highest BCUT2D eigenvalue weighted by Crippen LogP contribution is 2.22. The molecule has 0 aromatic heterocycles. The second-order valence-corrected chi connectivity index (χ2v) is 4.73. The van der Waals surface area contributed by atoms with Gasteiger partial charge in [0.1, 0.15) is 0 Å². The average molecular weight is 230 g/mol. The van der Waals surface area contributed by atoms with Crippen LogP contribution in [0.3, 0.4) is 0 Å². The first-order valence-corrected chi connectivity index (χ1v) is 6.15. The Morgan fingerprint density at radius 2 is 2.06 bits per heavy atom. The van der Waals surface area contributed by atoms with E-state index in [1.165, 1.54) is 0 Å². The van der Waals surface area contributed by atoms with Gasteiger partial charge >= 0.3 is 0 Å². The van der Waals surface area contributed by atoms with Gasteiger partial charge < -0.3 is 10.4 Å². The van der Waals surface area contributed by atoms with Crippen molar-refractivity contribution >= 4 is 0 Å². The van der Waals surface area contributed by atoms with Gasteiger partial charge in [0, 0.05) is 12.1 Å². The van der Waals surface area contributed by atoms with Gasteiger partial charge in [0.15, 0.2) is 0 Å². The van der Waals surface area contributed by atoms with Crippen LogP contribution in [0.2, 0.25) is 0 Å². The van der Waals surface area contributed by atoms with Crippen LogP contribution in [-0.4, -0.2) is 17.3 Å². The van der Waals surface area contributed by atoms with Crippen LogP contribution >= 0.6 is 0 Å². The molecule has 1 aliphatic carbocycles. The van der Waals surface area contributed by atoms with Crippen LogP contribution in [-0.2, 0) is 0 Å². The van der Waals surface area contributed by atoms with E-state index in [2.05, 4.69) is 18.3 Å². The topological polar surface area (TPSA) is 56.0 Å². The fourth-order valence-corrected chi connectivity index (χ4v) is 2.40. The summed E-state index contributed by atoms with van der Waals surface area (Å²) in [6, 6.07) is 10.1. The molecule has 0 heterocycles. The summed E-state index contributed by atoms with van der Waals surface area (Å²) in [5, 5.41) is 21.9. The molecule has 1 aromatic rings. The molecule has 0 saturated heterocycles. The highest BCUT2D eigenvalue weighted by Gasteiger charge is 2.26. The third kappa shape index (κ3) is 2.85. The average Bonchev–Trinajstić information content (AvgIpc) is 2.75. The van der Waals surface area contributed by atoms with Crippen LogP contribution in [0.25, 0.3) is 0 Å². The Balaban J connectivity index is 1.99. The maximum atomic E-state index is 9.76. The van der Waals surface area contributed by atoms with Crippen LogP contribution in [0, 0.1) is 11.3 Å². The van der Waals surface area contributed by atoms with Gasteiger partial charge in [-0.3, -0.25) is 0 Å². The van der Waals surface area contributed by atoms with E-state index >= 15 is 0 Å². The van der Waals surface area contributed by atoms with E-state index in [9.17, 15) is 5.11 Å². The number of hydrogen-bond donors (Lipinski definition) is 2. The number of nitrogens with one attached hydrogen (secondary N) is 1. The number of nitriles is 1. The van der Waals surface area contributed by atoms with Crippen LogP contribution in [0.1, 0.15) is 43.4 Å². The number of nitrogens with zero attached hydrogens (tertiary/aromatic N) is 1. The van der Waals surface area contributed by atoms with Crippen molar-refractivity contribution in [1.29, 1.82) is 5.26 Å². The fraction of sp³-hybridized carbons (Fsp3) is 0.500. The minimum atomic E-state index is -0.212. The van der Waals surface area contributed by atoms with E-state index in [0.717, 1.165) is 24.8 Å². The van der Waals surface area contributed by atoms with Gasteiger partial charge in [0.25, 0.3) is 0 Å². The molecule has 2 N–H and O–H groups in total. The molecule has 3 heteroatoms. The highest BCUT2D eigenvalue weighted by atomic mass is 16.3. The van der Waals surface area contributed by atoms with Gasteiger partial charge in [-0.25, -0.2) is 0 Å². The molecule has 3 atom stereocenters. The van der Waals surface area contributed by atoms with Gasteiger partial charge in [0.2, 0.25) is 0 Å². The first-order valence-electron chi connectivity index (χ1n) is 6.15. The largest absolute Gasteiger partial charge is 0.392 e. The Morgan fingerprint density at radius 1 is 1.35 bits per heavy atom. The smallest absolute Gasteiger partial charge is 0.0991 e. The summed E-state index contributed by atoms with van der Waals surface area (Å²) in [5.41, 5.74) is 1.84. The molecular formula is C14H18N2O. The quantitative estimate of drug-likeness (QED) is 0.836. The standard InChI is InChI=1S/C14H18N2O/c1-10(16-13-3-2-4-14(13)17)12-7-5-11(9-15)6-8-12/h5-8,10,13-14,16-17H,2-4H2,1H3. The summed E-state index contributed by atoms with van der Waals surface area (Å²) in [6.07, 6.45) is 2.83. The molecule has 3 nitrogen and oxygen atoms in total. The molecule has 0 bridgehead atoms. The molecule has 17 heavy (non-hydrogen) atoms. The molecule has 1 fully saturated rings. The van der Waals surface area contributed by atoms with Gasteiger partial charge in [-0.05, 0) is 43.9 Å². The number of hydrogen-bond acceptors (Lipinski definition) is 3. The van der Waals surface area contributed by atoms with Crippen LogP contribution in [0.4, 0.5) is 0 Å². The van der Waals surface area contributed by atoms with E-state index in [1.807, 2.05) is 24.3 Å². The summed E-state index contributed by atoms with van der Waals surface area (Å²) in [6.45, 7) is 2.09. The monoisotopic (exact) mass is 230 g/mol. The lowest BCUT2D eigenvalue weighted by molar-refractivity contribution is 0.144. The Morgan fingerprint density at radius 3 is 2.59 bits per heavy atom. The minimum absolute atomic E-state index is 0.209. The van der Waals surface area contributed by atoms with Gasteiger partial charge in [-0.15, -0.1) is 0 Å². The van der Waals surface area contributed by atoms with E-state index in [4.69, 9.17) is 5.26 Å². The van der Waals surface area contributed by atoms with Crippen molar-refractivity contribution in [2.45, 2.75) is 44.4 Å². The number of aliphatic hydroxyl groups is 1. The molecular weight excluding hydrogens is 212 g/mol. The lowest BCUT2D eigenvalue weighted by Crippen LogP contribution is -2.37. The van der Waals surface area contributed by atoms with Gasteiger partial charge in [-0.1, -0.05) is 12.1 Å². The van der Waals surface area contributed by atoms with Crippen molar-refractivity contribution in [3.63, 3.8) is 0 Å². The minimum Gasteiger partial charge on any atom is -0.392 e. The Hall–Kier alpha value is -1.37. The molecule has 0 amide bonds. The third-order valence-electron chi connectivity index (χ3n) is 3.48. The Kier molecular flexibility index (Phi) is 3.78. The normalized spacial score (nSPS) is 25.5. The molecule has 1 aromatic carbocycles. The molecule has 1 aliphatic rings. The SMILES string of the molecule is CC(NC1CCCC1O)c1ccc(C#N)cc1. The predicted molar refractivity (Wildman–Crippen MR) is 66.4 cm³/mol. The molecule has 0 radical (unpaired) electrons. The van der Waals surface area contributed by atoms with Crippen LogP contribution in [0.15, 0.2) is 24.3 Å². The van der Waals surface area contributed by atoms with Crippen molar-refractivity contribution in [1.82, 2.24) is 5.32 Å². The van der Waals surface area contributed by atoms with Crippen molar-refractivity contribution < 1.29 is 5.11 Å². The maximum absolute atomic E-state index is 9.76. The maximum Gasteiger partial charge on any atom is 0.0991 e. The summed E-state index contributed by atoms with van der Waals surface area (Å²) in [7, 11) is 0. The first kappa shape index (κ1) is 12.1. The van der Waals surface area contributed by atoms with Crippen LogP contribution < -0.4 is 5.32 Å². The number of rotatable bonds is 3. The van der Waals surface area contributed by atoms with Crippen molar-refractivity contribution in [3.8, 4) is 6.07 Å². The van der Waals surface area contributed by atoms with E-state index in [0.29, 0.717) is 5.56 Å².